The average molecular weight is 410 g/mol. The zero-order valence-corrected chi connectivity index (χ0v) is 17.2. The topological polar surface area (TPSA) is 48.6 Å². The van der Waals surface area contributed by atoms with Gasteiger partial charge in [-0.3, -0.25) is 4.98 Å². The number of benzene rings is 1. The fourth-order valence-electron chi connectivity index (χ4n) is 2.89. The van der Waals surface area contributed by atoms with E-state index in [0.29, 0.717) is 6.54 Å². The molecule has 1 aromatic carbocycles. The lowest BCUT2D eigenvalue weighted by Gasteiger charge is -2.12. The summed E-state index contributed by atoms with van der Waals surface area (Å²) >= 11 is 3.35. The van der Waals surface area contributed by atoms with Crippen molar-refractivity contribution in [3.8, 4) is 22.1 Å². The molecule has 0 radical (unpaired) electrons. The van der Waals surface area contributed by atoms with Gasteiger partial charge in [0.2, 0.25) is 0 Å². The quantitative estimate of drug-likeness (QED) is 0.452. The van der Waals surface area contributed by atoms with E-state index in [1.165, 1.54) is 4.88 Å². The molecule has 4 aromatic rings. The maximum Gasteiger partial charge on any atom is 0.190 e. The second-order valence-corrected chi connectivity index (χ2v) is 7.76. The second kappa shape index (κ2) is 8.41. The van der Waals surface area contributed by atoms with Crippen LogP contribution in [0.3, 0.4) is 0 Å². The number of aromatic nitrogens is 2. The molecule has 0 atom stereocenters. The van der Waals surface area contributed by atoms with Crippen LogP contribution in [0.25, 0.3) is 10.6 Å². The van der Waals surface area contributed by atoms with Gasteiger partial charge in [-0.25, -0.2) is 4.99 Å². The van der Waals surface area contributed by atoms with Crippen LogP contribution < -0.4 is 14.3 Å². The normalized spacial score (nSPS) is 11.6. The highest BCUT2D eigenvalue weighted by Gasteiger charge is 2.12. The molecule has 0 N–H and O–H groups in total. The van der Waals surface area contributed by atoms with Crippen molar-refractivity contribution in [2.75, 3.05) is 14.2 Å². The van der Waals surface area contributed by atoms with Crippen molar-refractivity contribution in [3.05, 3.63) is 76.0 Å². The van der Waals surface area contributed by atoms with Crippen molar-refractivity contribution in [1.29, 1.82) is 0 Å². The number of pyridine rings is 1. The van der Waals surface area contributed by atoms with Crippen molar-refractivity contribution >= 4 is 28.4 Å². The van der Waals surface area contributed by atoms with Gasteiger partial charge >= 0.3 is 0 Å². The molecule has 5 nitrogen and oxygen atoms in total. The Morgan fingerprint density at radius 2 is 1.93 bits per heavy atom. The molecule has 0 bridgehead atoms. The Bertz CT molecular complexity index is 1120. The Kier molecular flexibility index (Phi) is 5.55. The van der Waals surface area contributed by atoms with E-state index >= 15 is 0 Å². The molecule has 0 aliphatic rings. The maximum atomic E-state index is 5.46. The molecule has 0 aliphatic carbocycles. The lowest BCUT2D eigenvalue weighted by atomic mass is 10.2. The fraction of sp³-hybridized carbons (Fsp3) is 0.143. The average Bonchev–Trinajstić information content (AvgIpc) is 3.39. The van der Waals surface area contributed by atoms with Gasteiger partial charge in [0.1, 0.15) is 0 Å². The summed E-state index contributed by atoms with van der Waals surface area (Å²) in [7, 11) is 3.30. The van der Waals surface area contributed by atoms with Gasteiger partial charge in [-0.05, 0) is 41.3 Å². The van der Waals surface area contributed by atoms with Gasteiger partial charge < -0.3 is 14.0 Å². The number of hydrogen-bond acceptors (Lipinski definition) is 6. The third-order valence-corrected chi connectivity index (χ3v) is 5.99. The van der Waals surface area contributed by atoms with Crippen LogP contribution in [0, 0.1) is 0 Å². The second-order valence-electron chi connectivity index (χ2n) is 5.98. The summed E-state index contributed by atoms with van der Waals surface area (Å²) in [5, 5.41) is 4.24. The molecular weight excluding hydrogens is 390 g/mol. The summed E-state index contributed by atoms with van der Waals surface area (Å²) in [5.74, 6) is 1.44. The SMILES string of the molecule is COc1ccc(Cn2c(-c3cccs3)csc2=Nc2cccnc2)cc1OC. The Labute approximate surface area is 171 Å². The van der Waals surface area contributed by atoms with Gasteiger partial charge in [-0.2, -0.15) is 0 Å². The molecule has 0 aliphatic heterocycles. The predicted molar refractivity (Wildman–Crippen MR) is 114 cm³/mol. The van der Waals surface area contributed by atoms with Gasteiger partial charge in [0.05, 0.1) is 43.2 Å². The molecular formula is C21H19N3O2S2. The molecule has 3 aromatic heterocycles. The molecule has 0 saturated carbocycles. The first kappa shape index (κ1) is 18.5. The molecule has 7 heteroatoms. The van der Waals surface area contributed by atoms with Crippen LogP contribution in [0.1, 0.15) is 5.56 Å². The molecule has 0 amide bonds. The van der Waals surface area contributed by atoms with Gasteiger partial charge in [0, 0.05) is 11.6 Å². The molecule has 4 rings (SSSR count). The van der Waals surface area contributed by atoms with E-state index < -0.39 is 0 Å². The van der Waals surface area contributed by atoms with Crippen LogP contribution in [-0.4, -0.2) is 23.8 Å². The van der Waals surface area contributed by atoms with E-state index in [1.807, 2.05) is 24.3 Å². The third-order valence-electron chi connectivity index (χ3n) is 4.23. The summed E-state index contributed by atoms with van der Waals surface area (Å²) in [6, 6.07) is 14.0. The first-order valence-electron chi connectivity index (χ1n) is 8.66. The Morgan fingerprint density at radius 1 is 1.04 bits per heavy atom. The maximum absolute atomic E-state index is 5.46. The van der Waals surface area contributed by atoms with E-state index in [1.54, 1.807) is 49.3 Å². The van der Waals surface area contributed by atoms with Gasteiger partial charge in [0.25, 0.3) is 0 Å². The molecule has 0 spiro atoms. The minimum atomic E-state index is 0.677. The first-order chi connectivity index (χ1) is 13.8. The summed E-state index contributed by atoms with van der Waals surface area (Å²) in [6.07, 6.45) is 3.52. The van der Waals surface area contributed by atoms with Gasteiger partial charge in [0.15, 0.2) is 16.3 Å². The Hall–Kier alpha value is -2.90. The van der Waals surface area contributed by atoms with E-state index in [4.69, 9.17) is 14.5 Å². The fourth-order valence-corrected chi connectivity index (χ4v) is 4.63. The zero-order valence-electron chi connectivity index (χ0n) is 15.5. The largest absolute Gasteiger partial charge is 0.493 e. The van der Waals surface area contributed by atoms with E-state index in [-0.39, 0.29) is 0 Å². The lowest BCUT2D eigenvalue weighted by molar-refractivity contribution is 0.354. The molecule has 0 fully saturated rings. The van der Waals surface area contributed by atoms with Crippen LogP contribution in [-0.2, 0) is 6.54 Å². The number of thiophene rings is 1. The molecule has 0 unspecified atom stereocenters. The van der Waals surface area contributed by atoms with E-state index in [2.05, 4.69) is 38.5 Å². The predicted octanol–water partition coefficient (Wildman–Crippen LogP) is 4.97. The number of nitrogens with zero attached hydrogens (tertiary/aromatic N) is 3. The highest BCUT2D eigenvalue weighted by atomic mass is 32.1. The first-order valence-corrected chi connectivity index (χ1v) is 10.4. The highest BCUT2D eigenvalue weighted by molar-refractivity contribution is 7.14. The van der Waals surface area contributed by atoms with Crippen molar-refractivity contribution in [2.24, 2.45) is 4.99 Å². The van der Waals surface area contributed by atoms with Crippen LogP contribution in [0.15, 0.2) is 70.6 Å². The van der Waals surface area contributed by atoms with Crippen LogP contribution in [0.4, 0.5) is 5.69 Å². The third kappa shape index (κ3) is 3.85. The van der Waals surface area contributed by atoms with Gasteiger partial charge in [-0.1, -0.05) is 12.1 Å². The van der Waals surface area contributed by atoms with Crippen LogP contribution in [0.2, 0.25) is 0 Å². The Balaban J connectivity index is 1.80. The number of ether oxygens (including phenoxy) is 2. The number of rotatable bonds is 6. The number of methoxy groups -OCH3 is 2. The van der Waals surface area contributed by atoms with Crippen LogP contribution >= 0.6 is 22.7 Å². The van der Waals surface area contributed by atoms with E-state index in [9.17, 15) is 0 Å². The summed E-state index contributed by atoms with van der Waals surface area (Å²) < 4.78 is 13.0. The minimum Gasteiger partial charge on any atom is -0.493 e. The van der Waals surface area contributed by atoms with Crippen molar-refractivity contribution in [3.63, 3.8) is 0 Å². The molecule has 0 saturated heterocycles. The van der Waals surface area contributed by atoms with Crippen molar-refractivity contribution < 1.29 is 9.47 Å². The smallest absolute Gasteiger partial charge is 0.190 e. The summed E-state index contributed by atoms with van der Waals surface area (Å²) in [5.41, 5.74) is 3.10. The van der Waals surface area contributed by atoms with Gasteiger partial charge in [-0.15, -0.1) is 22.7 Å². The number of hydrogen-bond donors (Lipinski definition) is 0. The molecule has 3 heterocycles. The minimum absolute atomic E-state index is 0.677. The monoisotopic (exact) mass is 409 g/mol. The summed E-state index contributed by atoms with van der Waals surface area (Å²) in [4.78, 5) is 11.1. The van der Waals surface area contributed by atoms with Crippen LogP contribution in [0.5, 0.6) is 11.5 Å². The molecule has 28 heavy (non-hydrogen) atoms. The van der Waals surface area contributed by atoms with E-state index in [0.717, 1.165) is 33.2 Å². The summed E-state index contributed by atoms with van der Waals surface area (Å²) in [6.45, 7) is 0.677. The zero-order chi connectivity index (χ0) is 19.3. The standard InChI is InChI=1S/C21H19N3O2S2/c1-25-18-8-7-15(11-19(18)26-2)13-24-17(20-6-4-10-27-20)14-28-21(24)23-16-5-3-9-22-12-16/h3-12,14H,13H2,1-2H3. The lowest BCUT2D eigenvalue weighted by Crippen LogP contribution is -2.16. The van der Waals surface area contributed by atoms with Crippen molar-refractivity contribution in [1.82, 2.24) is 9.55 Å². The van der Waals surface area contributed by atoms with Crippen molar-refractivity contribution in [2.45, 2.75) is 6.54 Å². The Morgan fingerprint density at radius 3 is 2.64 bits per heavy atom. The number of thiazole rings is 1. The molecule has 142 valence electrons. The highest BCUT2D eigenvalue weighted by Crippen LogP contribution is 2.30.